The van der Waals surface area contributed by atoms with Gasteiger partial charge in [0.05, 0.1) is 26.4 Å². The summed E-state index contributed by atoms with van der Waals surface area (Å²) >= 11 is 0. The van der Waals surface area contributed by atoms with Gasteiger partial charge in [-0.2, -0.15) is 0 Å². The number of unbranched alkanes of at least 4 members (excludes halogenated alkanes) is 12. The van der Waals surface area contributed by atoms with Crippen molar-refractivity contribution in [2.45, 2.75) is 153 Å². The van der Waals surface area contributed by atoms with Crippen LogP contribution >= 0.6 is 0 Å². The van der Waals surface area contributed by atoms with Gasteiger partial charge in [0, 0.05) is 22.3 Å². The summed E-state index contributed by atoms with van der Waals surface area (Å²) in [4.78, 5) is 50.6. The average molecular weight is 1470 g/mol. The molecule has 1 aliphatic rings. The highest BCUT2D eigenvalue weighted by Gasteiger charge is 2.56. The molecular weight excluding hydrogens is 1360 g/mol. The lowest BCUT2D eigenvalue weighted by atomic mass is 10.1. The van der Waals surface area contributed by atoms with Crippen LogP contribution in [0.5, 0.6) is 23.0 Å². The maximum atomic E-state index is 12.6. The maximum Gasteiger partial charge on any atom is 0.317 e. The molecule has 544 valence electrons. The van der Waals surface area contributed by atoms with E-state index < -0.39 is 34.2 Å². The van der Waals surface area contributed by atoms with E-state index in [1.54, 1.807) is 24.3 Å². The number of carbonyl (C=O) groups is 4. The minimum Gasteiger partial charge on any atom is -0.494 e. The van der Waals surface area contributed by atoms with E-state index >= 15 is 0 Å². The largest absolute Gasteiger partial charge is 0.494 e. The number of hydrogen-bond donors (Lipinski definition) is 0. The number of ether oxygens (including phenoxy) is 4. The molecule has 1 fully saturated rings. The molecule has 16 heteroatoms. The molecule has 1 aliphatic heterocycles. The summed E-state index contributed by atoms with van der Waals surface area (Å²) in [6.45, 7) is 11.6. The molecule has 8 aromatic rings. The molecule has 12 nitrogen and oxygen atoms in total. The third kappa shape index (κ3) is 28.4. The smallest absolute Gasteiger partial charge is 0.317 e. The van der Waals surface area contributed by atoms with Crippen molar-refractivity contribution in [1.29, 1.82) is 0 Å². The minimum atomic E-state index is -2.89. The third-order valence-electron chi connectivity index (χ3n) is 18.4. The number of carbonyl (C=O) groups excluding carboxylic acids is 4. The van der Waals surface area contributed by atoms with Crippen LogP contribution in [0.2, 0.25) is 50.4 Å². The second-order valence-electron chi connectivity index (χ2n) is 27.5. The Hall–Kier alpha value is -8.69. The van der Waals surface area contributed by atoms with Gasteiger partial charge in [0.1, 0.15) is 23.0 Å². The van der Waals surface area contributed by atoms with Crippen LogP contribution < -0.4 is 18.9 Å². The fraction of sp³-hybridized carbons (Fsp3) is 0.318. The molecule has 0 aromatic heterocycles. The molecule has 1 saturated heterocycles. The van der Waals surface area contributed by atoms with E-state index in [0.717, 1.165) is 172 Å². The molecule has 0 unspecified atom stereocenters. The standard InChI is InChI=1S/C88H104O12Si4/c1-101(69-29-9-5-25-65-93-81-53-41-73(42-54-81)49-61-85(89)77-33-17-13-18-34-77)97-102(2,70-30-10-6-26-66-94-82-55-43-74(44-56-82)50-62-86(90)78-35-19-14-20-36-78)99-104(4,72-32-12-8-28-68-96-84-59-47-76(48-60-84)52-64-88(92)80-39-23-16-24-40-80)100-103(3,98-101)71-31-11-7-27-67-95-83-57-45-75(46-58-83)51-63-87(91)79-37-21-15-22-38-79/h13-24,33-64H,5-12,25-32,65-72H2,1-4H3. The lowest BCUT2D eigenvalue weighted by Gasteiger charge is -2.50. The van der Waals surface area contributed by atoms with Crippen LogP contribution in [0.3, 0.4) is 0 Å². The Kier molecular flexibility index (Phi) is 32.3. The molecule has 0 radical (unpaired) electrons. The molecule has 0 bridgehead atoms. The van der Waals surface area contributed by atoms with E-state index in [4.69, 9.17) is 35.4 Å². The van der Waals surface area contributed by atoms with Crippen LogP contribution in [0.25, 0.3) is 24.3 Å². The molecule has 0 saturated carbocycles. The maximum absolute atomic E-state index is 12.6. The normalized spacial score (nSPS) is 18.3. The monoisotopic (exact) mass is 1460 g/mol. The summed E-state index contributed by atoms with van der Waals surface area (Å²) < 4.78 is 55.7. The van der Waals surface area contributed by atoms with Crippen molar-refractivity contribution in [3.63, 3.8) is 0 Å². The fourth-order valence-electron chi connectivity index (χ4n) is 12.9. The molecule has 0 spiro atoms. The predicted molar refractivity (Wildman–Crippen MR) is 431 cm³/mol. The highest BCUT2D eigenvalue weighted by atomic mass is 28.5. The number of benzene rings is 8. The zero-order valence-corrected chi connectivity index (χ0v) is 65.3. The van der Waals surface area contributed by atoms with Gasteiger partial charge in [0.2, 0.25) is 0 Å². The summed E-state index contributed by atoms with van der Waals surface area (Å²) in [5, 5.41) is 0. The average Bonchev–Trinajstić information content (AvgIpc) is 0.766. The lowest BCUT2D eigenvalue weighted by molar-refractivity contribution is 0.103. The number of rotatable bonds is 44. The first-order chi connectivity index (χ1) is 50.6. The van der Waals surface area contributed by atoms with Gasteiger partial charge in [-0.05, 0) is 171 Å². The van der Waals surface area contributed by atoms with Crippen molar-refractivity contribution in [2.24, 2.45) is 0 Å². The van der Waals surface area contributed by atoms with Crippen LogP contribution in [0.4, 0.5) is 0 Å². The van der Waals surface area contributed by atoms with Gasteiger partial charge in [-0.25, -0.2) is 0 Å². The molecule has 0 amide bonds. The van der Waals surface area contributed by atoms with Gasteiger partial charge in [-0.1, -0.05) is 271 Å². The van der Waals surface area contributed by atoms with Crippen LogP contribution in [-0.2, 0) is 16.5 Å². The van der Waals surface area contributed by atoms with Gasteiger partial charge in [0.15, 0.2) is 23.1 Å². The van der Waals surface area contributed by atoms with Gasteiger partial charge in [-0.15, -0.1) is 0 Å². The van der Waals surface area contributed by atoms with Gasteiger partial charge >= 0.3 is 34.2 Å². The molecule has 104 heavy (non-hydrogen) atoms. The van der Waals surface area contributed by atoms with Crippen molar-refractivity contribution in [3.8, 4) is 23.0 Å². The Labute approximate surface area is 622 Å². The van der Waals surface area contributed by atoms with E-state index in [1.807, 2.05) is 243 Å². The van der Waals surface area contributed by atoms with Crippen LogP contribution in [-0.4, -0.2) is 83.8 Å². The Balaban J connectivity index is 0.797. The molecule has 0 aliphatic carbocycles. The first-order valence-electron chi connectivity index (χ1n) is 37.4. The van der Waals surface area contributed by atoms with Gasteiger partial charge < -0.3 is 35.4 Å². The fourth-order valence-corrected chi connectivity index (χ4v) is 36.5. The number of ketones is 4. The van der Waals surface area contributed by atoms with Crippen LogP contribution in [0, 0.1) is 0 Å². The lowest BCUT2D eigenvalue weighted by Crippen LogP contribution is -2.67. The quantitative estimate of drug-likeness (QED) is 0.0155. The first-order valence-corrected chi connectivity index (χ1v) is 47.5. The zero-order chi connectivity index (χ0) is 73.0. The van der Waals surface area contributed by atoms with Crippen molar-refractivity contribution in [2.75, 3.05) is 26.4 Å². The molecule has 0 atom stereocenters. The van der Waals surface area contributed by atoms with Crippen molar-refractivity contribution >= 4 is 81.7 Å². The molecule has 1 heterocycles. The Morgan fingerprint density at radius 1 is 0.250 bits per heavy atom. The Bertz CT molecular complexity index is 3470. The van der Waals surface area contributed by atoms with Crippen LogP contribution in [0.15, 0.2) is 243 Å². The summed E-state index contributed by atoms with van der Waals surface area (Å²) in [5.41, 5.74) is 6.41. The van der Waals surface area contributed by atoms with E-state index in [9.17, 15) is 19.2 Å². The van der Waals surface area contributed by atoms with E-state index in [1.165, 1.54) is 0 Å². The summed E-state index contributed by atoms with van der Waals surface area (Å²) in [6.07, 6.45) is 29.5. The second-order valence-corrected chi connectivity index (χ2v) is 41.9. The van der Waals surface area contributed by atoms with E-state index in [-0.39, 0.29) is 23.1 Å². The Morgan fingerprint density at radius 2 is 0.433 bits per heavy atom. The van der Waals surface area contributed by atoms with E-state index in [2.05, 4.69) is 26.2 Å². The second kappa shape index (κ2) is 42.3. The van der Waals surface area contributed by atoms with Gasteiger partial charge in [0.25, 0.3) is 0 Å². The highest BCUT2D eigenvalue weighted by molar-refractivity contribution is 6.94. The topological polar surface area (TPSA) is 142 Å². The van der Waals surface area contributed by atoms with Crippen molar-refractivity contribution in [3.05, 3.63) is 287 Å². The first kappa shape index (κ1) is 79.4. The zero-order valence-electron chi connectivity index (χ0n) is 61.3. The highest BCUT2D eigenvalue weighted by Crippen LogP contribution is 2.40. The summed E-state index contributed by atoms with van der Waals surface area (Å²) in [5.74, 6) is 3.13. The summed E-state index contributed by atoms with van der Waals surface area (Å²) in [6, 6.07) is 72.1. The SMILES string of the molecule is C[Si]1(CCCCCCOc2ccc(C=CC(=O)c3ccccc3)cc2)O[Si](C)(CCCCCCOc2ccc(C=CC(=O)c3ccccc3)cc2)O[Si](C)(CCCCCCOc2ccc(C=CC(=O)c3ccccc3)cc2)O[Si](C)(CCCCCCOc2ccc(C=CC(=O)c3ccccc3)cc2)O1. The minimum absolute atomic E-state index is 0.0270. The predicted octanol–water partition coefficient (Wildman–Crippen LogP) is 22.5. The molecular formula is C88H104O12Si4. The molecule has 0 N–H and O–H groups in total. The van der Waals surface area contributed by atoms with Crippen molar-refractivity contribution < 1.29 is 54.6 Å². The third-order valence-corrected chi connectivity index (χ3v) is 37.2. The summed E-state index contributed by atoms with van der Waals surface area (Å²) in [7, 11) is -11.6. The molecule has 8 aromatic carbocycles. The number of hydrogen-bond acceptors (Lipinski definition) is 12. The van der Waals surface area contributed by atoms with Gasteiger partial charge in [-0.3, -0.25) is 19.2 Å². The molecule has 9 rings (SSSR count). The Morgan fingerprint density at radius 3 is 0.625 bits per heavy atom. The number of allylic oxidation sites excluding steroid dienone is 4. The van der Waals surface area contributed by atoms with Crippen LogP contribution in [0.1, 0.15) is 166 Å². The van der Waals surface area contributed by atoms with Crippen molar-refractivity contribution in [1.82, 2.24) is 0 Å². The van der Waals surface area contributed by atoms with E-state index in [0.29, 0.717) is 48.7 Å².